The molecule has 330 valence electrons. The zero-order chi connectivity index (χ0) is 43.3. The molecule has 4 fully saturated rings. The molecule has 0 N–H and O–H groups in total. The van der Waals surface area contributed by atoms with Crippen LogP contribution in [-0.4, -0.2) is 98.3 Å². The Hall–Kier alpha value is -1.95. The molecule has 2 bridgehead atoms. The van der Waals surface area contributed by atoms with Gasteiger partial charge >= 0.3 is 11.9 Å². The summed E-state index contributed by atoms with van der Waals surface area (Å²) in [5.74, 6) is -1.59. The van der Waals surface area contributed by atoms with Gasteiger partial charge < -0.3 is 37.0 Å². The average molecular weight is 871 g/mol. The van der Waals surface area contributed by atoms with Crippen molar-refractivity contribution >= 4 is 37.6 Å². The molecule has 6 rings (SSSR count). The van der Waals surface area contributed by atoms with Gasteiger partial charge in [-0.15, -0.1) is 0 Å². The van der Waals surface area contributed by atoms with Crippen LogP contribution in [0.4, 0.5) is 0 Å². The molecule has 11 atom stereocenters. The largest absolute Gasteiger partial charge is 0.455 e. The third-order valence-corrected chi connectivity index (χ3v) is 26.1. The van der Waals surface area contributed by atoms with E-state index in [1.807, 2.05) is 18.2 Å². The fraction of sp³-hybridized carbons (Fsp3) is 0.739. The second-order valence-electron chi connectivity index (χ2n) is 19.0. The van der Waals surface area contributed by atoms with Crippen LogP contribution in [0.15, 0.2) is 54.1 Å². The lowest BCUT2D eigenvalue weighted by Gasteiger charge is -2.70. The van der Waals surface area contributed by atoms with E-state index in [0.29, 0.717) is 18.4 Å². The van der Waals surface area contributed by atoms with Crippen LogP contribution in [0.1, 0.15) is 99.4 Å². The zero-order valence-corrected chi connectivity index (χ0v) is 41.5. The Bertz CT molecular complexity index is 1710. The average Bonchev–Trinajstić information content (AvgIpc) is 3.64. The maximum Gasteiger partial charge on any atom is 0.338 e. The van der Waals surface area contributed by atoms with Crippen LogP contribution in [0.3, 0.4) is 0 Å². The normalized spacial score (nSPS) is 36.4. The summed E-state index contributed by atoms with van der Waals surface area (Å²) in [7, 11) is -6.54. The first-order valence-corrected chi connectivity index (χ1v) is 30.5. The molecule has 13 heteroatoms. The standard InChI is InChI=1S/C46H74O10Si3/c1-15-36-50-38-37-30(8)33(54-58(16-2,17-3)18-4)28-46(43(37,10)11,56-57(13)14)41(52-42(48)32-25-23-22-24-26-32)39-44(12,40(38)51-36)34(55-59(19-5,20-6)21-7)27-35-45(39,29-49-35)53-31(9)47/h15,22-26,33-36,38-41,57H,1,16-21,27-29H2,2-14H3/t33?,34?,35?,36?,38?,39?,40?,41?,44-,45?,46?/m1/s1. The molecule has 10 unspecified atom stereocenters. The van der Waals surface area contributed by atoms with Crippen molar-refractivity contribution in [3.05, 3.63) is 59.7 Å². The van der Waals surface area contributed by atoms with E-state index < -0.39 is 102 Å². The van der Waals surface area contributed by atoms with Gasteiger partial charge in [0.05, 0.1) is 36.4 Å². The van der Waals surface area contributed by atoms with Crippen molar-refractivity contribution in [3.63, 3.8) is 0 Å². The van der Waals surface area contributed by atoms with Crippen molar-refractivity contribution in [2.45, 2.75) is 192 Å². The second-order valence-corrected chi connectivity index (χ2v) is 30.8. The van der Waals surface area contributed by atoms with E-state index in [0.717, 1.165) is 47.4 Å². The summed E-state index contributed by atoms with van der Waals surface area (Å²) in [6, 6.07) is 14.9. The highest BCUT2D eigenvalue weighted by Crippen LogP contribution is 2.68. The Labute approximate surface area is 358 Å². The van der Waals surface area contributed by atoms with Crippen molar-refractivity contribution in [2.24, 2.45) is 16.7 Å². The summed E-state index contributed by atoms with van der Waals surface area (Å²) in [6.07, 6.45) is -1.49. The molecular weight excluding hydrogens is 797 g/mol. The Morgan fingerprint density at radius 1 is 0.915 bits per heavy atom. The zero-order valence-electron chi connectivity index (χ0n) is 38.3. The fourth-order valence-electron chi connectivity index (χ4n) is 12.1. The number of ether oxygens (including phenoxy) is 5. The van der Waals surface area contributed by atoms with Crippen molar-refractivity contribution in [2.75, 3.05) is 6.61 Å². The molecule has 10 nitrogen and oxygen atoms in total. The molecule has 1 aromatic carbocycles. The minimum absolute atomic E-state index is 0.138. The molecule has 0 amide bonds. The van der Waals surface area contributed by atoms with E-state index in [2.05, 4.69) is 88.9 Å². The number of esters is 2. The van der Waals surface area contributed by atoms with Crippen LogP contribution in [0.2, 0.25) is 49.4 Å². The van der Waals surface area contributed by atoms with Crippen molar-refractivity contribution < 1.29 is 46.6 Å². The molecule has 59 heavy (non-hydrogen) atoms. The molecule has 0 spiro atoms. The predicted molar refractivity (Wildman–Crippen MR) is 238 cm³/mol. The van der Waals surface area contributed by atoms with Crippen LogP contribution in [0.25, 0.3) is 0 Å². The molecule has 3 aliphatic carbocycles. The van der Waals surface area contributed by atoms with E-state index in [-0.39, 0.29) is 12.7 Å². The SMILES string of the molecule is C=CC1OC2C3=C(C)C(O[Si](CC)(CC)CC)CC(O[SiH](C)C)(C(OC(=O)c4ccccc4)C4C5(OC(C)=O)COC5CC(O[Si](CC)(CC)CC)[C@@]4(C)C2O1)C3(C)C. The van der Waals surface area contributed by atoms with E-state index in [9.17, 15) is 9.59 Å². The number of carbonyl (C=O) groups excluding carboxylic acids is 2. The van der Waals surface area contributed by atoms with Gasteiger partial charge in [0.2, 0.25) is 0 Å². The second kappa shape index (κ2) is 17.3. The van der Waals surface area contributed by atoms with Gasteiger partial charge in [-0.05, 0) is 85.6 Å². The van der Waals surface area contributed by atoms with Gasteiger partial charge in [0, 0.05) is 30.6 Å². The summed E-state index contributed by atoms with van der Waals surface area (Å²) >= 11 is 0. The lowest BCUT2D eigenvalue weighted by Crippen LogP contribution is -2.83. The van der Waals surface area contributed by atoms with Crippen molar-refractivity contribution in [1.29, 1.82) is 0 Å². The molecular formula is C46H74O10Si3. The van der Waals surface area contributed by atoms with Gasteiger partial charge in [-0.2, -0.15) is 0 Å². The molecule has 2 saturated carbocycles. The van der Waals surface area contributed by atoms with E-state index in [1.165, 1.54) is 6.92 Å². The Morgan fingerprint density at radius 2 is 1.51 bits per heavy atom. The van der Waals surface area contributed by atoms with Crippen molar-refractivity contribution in [1.82, 2.24) is 0 Å². The Kier molecular flexibility index (Phi) is 13.7. The maximum atomic E-state index is 15.0. The van der Waals surface area contributed by atoms with Gasteiger partial charge in [-0.25, -0.2) is 4.79 Å². The molecule has 2 aliphatic heterocycles. The van der Waals surface area contributed by atoms with Gasteiger partial charge in [-0.1, -0.05) is 87.1 Å². The number of hydrogen-bond acceptors (Lipinski definition) is 10. The molecule has 0 aromatic heterocycles. The first-order valence-electron chi connectivity index (χ1n) is 22.6. The van der Waals surface area contributed by atoms with Crippen LogP contribution in [0, 0.1) is 16.7 Å². The topological polar surface area (TPSA) is 108 Å². The number of fused-ring (bicyclic) bond motifs is 8. The van der Waals surface area contributed by atoms with Crippen LogP contribution >= 0.6 is 0 Å². The molecule has 0 radical (unpaired) electrons. The quantitative estimate of drug-likeness (QED) is 0.0906. The van der Waals surface area contributed by atoms with Crippen molar-refractivity contribution in [3.8, 4) is 0 Å². The molecule has 2 heterocycles. The molecule has 2 saturated heterocycles. The first kappa shape index (κ1) is 46.6. The highest BCUT2D eigenvalue weighted by atomic mass is 28.4. The Morgan fingerprint density at radius 3 is 2.02 bits per heavy atom. The molecule has 1 aromatic rings. The number of hydrogen-bond donors (Lipinski definition) is 0. The molecule has 5 aliphatic rings. The lowest BCUT2D eigenvalue weighted by molar-refractivity contribution is -0.358. The highest BCUT2D eigenvalue weighted by Gasteiger charge is 2.80. The van der Waals surface area contributed by atoms with E-state index in [1.54, 1.807) is 18.2 Å². The monoisotopic (exact) mass is 870 g/mol. The van der Waals surface area contributed by atoms with Crippen LogP contribution in [-0.2, 0) is 41.8 Å². The third-order valence-electron chi connectivity index (χ3n) is 15.9. The minimum Gasteiger partial charge on any atom is -0.455 e. The van der Waals surface area contributed by atoms with Crippen LogP contribution < -0.4 is 0 Å². The lowest BCUT2D eigenvalue weighted by atomic mass is 9.44. The van der Waals surface area contributed by atoms with Gasteiger partial charge in [0.1, 0.15) is 23.9 Å². The number of rotatable bonds is 16. The third kappa shape index (κ3) is 7.47. The summed E-state index contributed by atoms with van der Waals surface area (Å²) < 4.78 is 57.9. The van der Waals surface area contributed by atoms with E-state index in [4.69, 9.17) is 37.0 Å². The number of carbonyl (C=O) groups is 2. The summed E-state index contributed by atoms with van der Waals surface area (Å²) in [6.45, 7) is 32.5. The summed E-state index contributed by atoms with van der Waals surface area (Å²) in [4.78, 5) is 28.6. The summed E-state index contributed by atoms with van der Waals surface area (Å²) in [5, 5.41) is 0. The summed E-state index contributed by atoms with van der Waals surface area (Å²) in [5.41, 5.74) is -1.51. The Balaban J connectivity index is 1.76. The highest BCUT2D eigenvalue weighted by molar-refractivity contribution is 6.74. The van der Waals surface area contributed by atoms with Gasteiger partial charge in [-0.3, -0.25) is 4.79 Å². The maximum absolute atomic E-state index is 15.0. The minimum atomic E-state index is -2.32. The van der Waals surface area contributed by atoms with Gasteiger partial charge in [0.15, 0.2) is 37.6 Å². The fourth-order valence-corrected chi connectivity index (χ4v) is 19.3. The predicted octanol–water partition coefficient (Wildman–Crippen LogP) is 9.51. The van der Waals surface area contributed by atoms with E-state index >= 15 is 0 Å². The van der Waals surface area contributed by atoms with Crippen LogP contribution in [0.5, 0.6) is 0 Å². The number of benzene rings is 1. The smallest absolute Gasteiger partial charge is 0.338 e. The first-order chi connectivity index (χ1) is 27.9. The van der Waals surface area contributed by atoms with Gasteiger partial charge in [0.25, 0.3) is 0 Å².